The van der Waals surface area contributed by atoms with E-state index in [2.05, 4.69) is 5.32 Å². The minimum atomic E-state index is -0.646. The van der Waals surface area contributed by atoms with Gasteiger partial charge in [0, 0.05) is 5.69 Å². The molecule has 0 aromatic heterocycles. The predicted octanol–water partition coefficient (Wildman–Crippen LogP) is 3.43. The van der Waals surface area contributed by atoms with Crippen molar-refractivity contribution in [2.75, 3.05) is 18.5 Å². The number of benzene rings is 2. The summed E-state index contributed by atoms with van der Waals surface area (Å²) >= 11 is 0. The maximum Gasteiger partial charge on any atom is 0.344 e. The molecule has 1 N–H and O–H groups in total. The van der Waals surface area contributed by atoms with Gasteiger partial charge in [-0.1, -0.05) is 12.1 Å². The molecule has 2 rings (SSSR count). The van der Waals surface area contributed by atoms with Crippen LogP contribution in [0.4, 0.5) is 5.69 Å². The summed E-state index contributed by atoms with van der Waals surface area (Å²) in [4.78, 5) is 35.5. The van der Waals surface area contributed by atoms with Gasteiger partial charge in [0.15, 0.2) is 13.2 Å². The second kappa shape index (κ2) is 10.3. The highest BCUT2D eigenvalue weighted by atomic mass is 16.6. The van der Waals surface area contributed by atoms with Crippen molar-refractivity contribution in [3.8, 4) is 5.75 Å². The third-order valence-electron chi connectivity index (χ3n) is 4.01. The molecule has 0 spiro atoms. The number of hydrogen-bond acceptors (Lipinski definition) is 6. The topological polar surface area (TPSA) is 90.9 Å². The van der Waals surface area contributed by atoms with Gasteiger partial charge in [0.25, 0.3) is 5.91 Å². The van der Waals surface area contributed by atoms with E-state index >= 15 is 0 Å². The summed E-state index contributed by atoms with van der Waals surface area (Å²) in [5.41, 5.74) is 2.85. The molecule has 7 heteroatoms. The van der Waals surface area contributed by atoms with E-state index in [1.54, 1.807) is 44.2 Å². The lowest BCUT2D eigenvalue weighted by Gasteiger charge is -2.11. The Morgan fingerprint density at radius 1 is 0.966 bits per heavy atom. The number of anilines is 1. The largest absolute Gasteiger partial charge is 0.482 e. The van der Waals surface area contributed by atoms with E-state index in [-0.39, 0.29) is 12.7 Å². The molecule has 0 aliphatic carbocycles. The molecule has 0 fully saturated rings. The van der Waals surface area contributed by atoms with Crippen molar-refractivity contribution in [2.24, 2.45) is 0 Å². The number of carbonyl (C=O) groups excluding carboxylic acids is 3. The Kier molecular flexibility index (Phi) is 7.77. The van der Waals surface area contributed by atoms with Gasteiger partial charge in [-0.3, -0.25) is 4.79 Å². The van der Waals surface area contributed by atoms with Crippen molar-refractivity contribution < 1.29 is 28.6 Å². The highest BCUT2D eigenvalue weighted by molar-refractivity contribution is 5.94. The Hall–Kier alpha value is -3.35. The van der Waals surface area contributed by atoms with Crippen molar-refractivity contribution in [3.05, 3.63) is 59.2 Å². The van der Waals surface area contributed by atoms with Gasteiger partial charge in [0.1, 0.15) is 5.75 Å². The van der Waals surface area contributed by atoms with E-state index in [0.717, 1.165) is 11.1 Å². The fourth-order valence-corrected chi connectivity index (χ4v) is 2.37. The zero-order chi connectivity index (χ0) is 21.4. The summed E-state index contributed by atoms with van der Waals surface area (Å²) in [7, 11) is 0. The molecule has 0 aliphatic rings. The number of esters is 2. The Morgan fingerprint density at radius 3 is 2.31 bits per heavy atom. The number of amides is 1. The third kappa shape index (κ3) is 6.95. The second-order valence-electron chi connectivity index (χ2n) is 6.73. The summed E-state index contributed by atoms with van der Waals surface area (Å²) in [6.07, 6.45) is -0.213. The summed E-state index contributed by atoms with van der Waals surface area (Å²) in [6, 6.07) is 11.8. The van der Waals surface area contributed by atoms with E-state index in [9.17, 15) is 14.4 Å². The van der Waals surface area contributed by atoms with Crippen LogP contribution in [0.3, 0.4) is 0 Å². The van der Waals surface area contributed by atoms with Crippen LogP contribution in [0, 0.1) is 13.8 Å². The first kappa shape index (κ1) is 21.9. The van der Waals surface area contributed by atoms with Gasteiger partial charge in [-0.25, -0.2) is 9.59 Å². The Labute approximate surface area is 170 Å². The molecule has 7 nitrogen and oxygen atoms in total. The van der Waals surface area contributed by atoms with Crippen LogP contribution in [0.2, 0.25) is 0 Å². The van der Waals surface area contributed by atoms with Gasteiger partial charge >= 0.3 is 11.9 Å². The van der Waals surface area contributed by atoms with Crippen molar-refractivity contribution in [3.63, 3.8) is 0 Å². The van der Waals surface area contributed by atoms with Crippen LogP contribution in [0.25, 0.3) is 0 Å². The number of aryl methyl sites for hydroxylation is 1. The molecule has 1 amide bonds. The van der Waals surface area contributed by atoms with Crippen LogP contribution in [0.15, 0.2) is 42.5 Å². The van der Waals surface area contributed by atoms with Crippen LogP contribution in [-0.4, -0.2) is 37.2 Å². The number of ether oxygens (including phenoxy) is 3. The molecule has 0 heterocycles. The van der Waals surface area contributed by atoms with Crippen molar-refractivity contribution in [2.45, 2.75) is 33.8 Å². The van der Waals surface area contributed by atoms with E-state index in [1.165, 1.54) is 0 Å². The van der Waals surface area contributed by atoms with Crippen LogP contribution in [-0.2, 0) is 19.1 Å². The molecular formula is C22H25NO6. The smallest absolute Gasteiger partial charge is 0.344 e. The van der Waals surface area contributed by atoms with E-state index in [1.807, 2.05) is 26.0 Å². The fourth-order valence-electron chi connectivity index (χ4n) is 2.37. The molecule has 0 saturated heterocycles. The molecule has 0 radical (unpaired) electrons. The first-order valence-corrected chi connectivity index (χ1v) is 9.21. The number of hydrogen-bond donors (Lipinski definition) is 1. The maximum absolute atomic E-state index is 11.9. The Balaban J connectivity index is 1.77. The first-order valence-electron chi connectivity index (χ1n) is 9.21. The van der Waals surface area contributed by atoms with E-state index in [0.29, 0.717) is 17.0 Å². The minimum absolute atomic E-state index is 0.213. The average molecular weight is 399 g/mol. The third-order valence-corrected chi connectivity index (χ3v) is 4.01. The van der Waals surface area contributed by atoms with Gasteiger partial charge in [-0.15, -0.1) is 0 Å². The minimum Gasteiger partial charge on any atom is -0.482 e. The van der Waals surface area contributed by atoms with E-state index < -0.39 is 24.5 Å². The number of rotatable bonds is 8. The highest BCUT2D eigenvalue weighted by Gasteiger charge is 2.12. The molecule has 154 valence electrons. The normalized spacial score (nSPS) is 10.4. The van der Waals surface area contributed by atoms with Crippen molar-refractivity contribution in [1.29, 1.82) is 0 Å². The molecule has 0 bridgehead atoms. The SMILES string of the molecule is Cc1cccc(OCC(=O)OCC(=O)Nc2ccc(C(=O)OC(C)C)cc2)c1C. The first-order chi connectivity index (χ1) is 13.8. The number of nitrogens with one attached hydrogen (secondary N) is 1. The quantitative estimate of drug-likeness (QED) is 0.684. The maximum atomic E-state index is 11.9. The summed E-state index contributed by atoms with van der Waals surface area (Å²) in [5.74, 6) is -0.978. The highest BCUT2D eigenvalue weighted by Crippen LogP contribution is 2.20. The molecular weight excluding hydrogens is 374 g/mol. The summed E-state index contributed by atoms with van der Waals surface area (Å²) in [6.45, 7) is 6.65. The molecule has 0 aliphatic heterocycles. The lowest BCUT2D eigenvalue weighted by molar-refractivity contribution is -0.149. The fraction of sp³-hybridized carbons (Fsp3) is 0.318. The zero-order valence-electron chi connectivity index (χ0n) is 17.0. The lowest BCUT2D eigenvalue weighted by atomic mass is 10.1. The Bertz CT molecular complexity index is 873. The average Bonchev–Trinajstić information content (AvgIpc) is 2.67. The van der Waals surface area contributed by atoms with Crippen LogP contribution < -0.4 is 10.1 Å². The molecule has 2 aromatic rings. The second-order valence-corrected chi connectivity index (χ2v) is 6.73. The van der Waals surface area contributed by atoms with Crippen LogP contribution in [0.1, 0.15) is 35.3 Å². The zero-order valence-corrected chi connectivity index (χ0v) is 17.0. The van der Waals surface area contributed by atoms with Crippen molar-refractivity contribution in [1.82, 2.24) is 0 Å². The van der Waals surface area contributed by atoms with Crippen LogP contribution in [0.5, 0.6) is 5.75 Å². The van der Waals surface area contributed by atoms with E-state index in [4.69, 9.17) is 14.2 Å². The predicted molar refractivity (Wildman–Crippen MR) is 108 cm³/mol. The van der Waals surface area contributed by atoms with Gasteiger partial charge < -0.3 is 19.5 Å². The molecule has 29 heavy (non-hydrogen) atoms. The summed E-state index contributed by atoms with van der Waals surface area (Å²) < 4.78 is 15.5. The standard InChI is InChI=1S/C22H25NO6/c1-14(2)29-22(26)17-8-10-18(11-9-17)23-20(24)12-28-21(25)13-27-19-7-5-6-15(3)16(19)4/h5-11,14H,12-13H2,1-4H3,(H,23,24). The Morgan fingerprint density at radius 2 is 1.66 bits per heavy atom. The van der Waals surface area contributed by atoms with Gasteiger partial charge in [0.2, 0.25) is 0 Å². The van der Waals surface area contributed by atoms with Gasteiger partial charge in [-0.2, -0.15) is 0 Å². The molecule has 0 atom stereocenters. The molecule has 0 unspecified atom stereocenters. The van der Waals surface area contributed by atoms with Gasteiger partial charge in [0.05, 0.1) is 11.7 Å². The molecule has 0 saturated carbocycles. The number of carbonyl (C=O) groups is 3. The van der Waals surface area contributed by atoms with Crippen molar-refractivity contribution >= 4 is 23.5 Å². The molecule has 2 aromatic carbocycles. The monoisotopic (exact) mass is 399 g/mol. The van der Waals surface area contributed by atoms with Crippen LogP contribution >= 0.6 is 0 Å². The lowest BCUT2D eigenvalue weighted by Crippen LogP contribution is -2.23. The summed E-state index contributed by atoms with van der Waals surface area (Å²) in [5, 5.41) is 2.59. The van der Waals surface area contributed by atoms with Gasteiger partial charge in [-0.05, 0) is 69.2 Å².